The molecule has 0 aliphatic rings. The number of benzene rings is 1. The number of amides is 1. The van der Waals surface area contributed by atoms with Crippen molar-refractivity contribution < 1.29 is 13.6 Å². The van der Waals surface area contributed by atoms with Crippen LogP contribution in [0.2, 0.25) is 0 Å². The molecule has 146 valence electrons. The van der Waals surface area contributed by atoms with Crippen molar-refractivity contribution >= 4 is 23.4 Å². The maximum atomic E-state index is 12.4. The van der Waals surface area contributed by atoms with Crippen LogP contribution in [0.25, 0.3) is 22.9 Å². The summed E-state index contributed by atoms with van der Waals surface area (Å²) < 4.78 is 10.9. The third-order valence-electron chi connectivity index (χ3n) is 4.18. The van der Waals surface area contributed by atoms with Crippen LogP contribution in [0.15, 0.2) is 69.0 Å². The minimum absolute atomic E-state index is 0.137. The smallest absolute Gasteiger partial charge is 0.234 e. The molecule has 4 aromatic rings. The molecular weight excluding hydrogens is 388 g/mol. The van der Waals surface area contributed by atoms with Crippen molar-refractivity contribution in [2.75, 3.05) is 11.1 Å². The van der Waals surface area contributed by atoms with E-state index in [4.69, 9.17) is 8.83 Å². The van der Waals surface area contributed by atoms with E-state index in [0.29, 0.717) is 28.1 Å². The average molecular weight is 406 g/mol. The Morgan fingerprint density at radius 2 is 1.72 bits per heavy atom. The summed E-state index contributed by atoms with van der Waals surface area (Å²) >= 11 is 1.21. The summed E-state index contributed by atoms with van der Waals surface area (Å²) in [5.74, 6) is 1.11. The first-order valence-corrected chi connectivity index (χ1v) is 9.91. The highest BCUT2D eigenvalue weighted by Crippen LogP contribution is 2.30. The lowest BCUT2D eigenvalue weighted by Gasteiger charge is -2.09. The molecule has 0 spiro atoms. The Bertz CT molecular complexity index is 1130. The minimum Gasteiger partial charge on any atom is -0.463 e. The molecule has 3 heterocycles. The Morgan fingerprint density at radius 3 is 2.41 bits per heavy atom. The van der Waals surface area contributed by atoms with E-state index < -0.39 is 0 Å². The van der Waals surface area contributed by atoms with Crippen LogP contribution in [0.5, 0.6) is 0 Å². The molecule has 0 aliphatic heterocycles. The predicted molar refractivity (Wildman–Crippen MR) is 111 cm³/mol. The Kier molecular flexibility index (Phi) is 5.44. The molecule has 4 rings (SSSR count). The molecule has 0 saturated carbocycles. The number of carbonyl (C=O) groups excluding carboxylic acids is 1. The lowest BCUT2D eigenvalue weighted by atomic mass is 10.1. The maximum Gasteiger partial charge on any atom is 0.234 e. The van der Waals surface area contributed by atoms with Crippen LogP contribution < -0.4 is 5.32 Å². The number of aryl methyl sites for hydroxylation is 2. The van der Waals surface area contributed by atoms with Crippen molar-refractivity contribution in [3.8, 4) is 22.9 Å². The second-order valence-corrected chi connectivity index (χ2v) is 7.34. The lowest BCUT2D eigenvalue weighted by Crippen LogP contribution is -2.15. The zero-order valence-electron chi connectivity index (χ0n) is 15.9. The van der Waals surface area contributed by atoms with E-state index in [0.717, 1.165) is 16.8 Å². The van der Waals surface area contributed by atoms with Crippen molar-refractivity contribution in [3.05, 3.63) is 66.1 Å². The molecule has 0 bridgehead atoms. The molecule has 1 N–H and O–H groups in total. The molecule has 0 atom stereocenters. The first-order chi connectivity index (χ1) is 14.1. The molecule has 0 fully saturated rings. The molecule has 0 aliphatic carbocycles. The van der Waals surface area contributed by atoms with Gasteiger partial charge in [-0.2, -0.15) is 0 Å². The first kappa shape index (κ1) is 18.9. The van der Waals surface area contributed by atoms with Crippen LogP contribution in [-0.4, -0.2) is 26.8 Å². The fourth-order valence-electron chi connectivity index (χ4n) is 2.72. The summed E-state index contributed by atoms with van der Waals surface area (Å²) in [5.41, 5.74) is 3.89. The monoisotopic (exact) mass is 406 g/mol. The second-order valence-electron chi connectivity index (χ2n) is 6.40. The fraction of sp³-hybridized carbons (Fsp3) is 0.143. The molecular formula is C21H18N4O3S. The van der Waals surface area contributed by atoms with Crippen LogP contribution in [-0.2, 0) is 4.79 Å². The molecule has 0 radical (unpaired) electrons. The van der Waals surface area contributed by atoms with Gasteiger partial charge in [-0.05, 0) is 55.3 Å². The van der Waals surface area contributed by atoms with E-state index >= 15 is 0 Å². The highest BCUT2D eigenvalue weighted by atomic mass is 32.2. The van der Waals surface area contributed by atoms with E-state index in [1.807, 2.05) is 32.0 Å². The number of carbonyl (C=O) groups is 1. The standard InChI is InChI=1S/C21H18N4O3S/c1-13-7-8-14(2)15(11-13)22-18(26)12-29-21-23-19(16-5-3-9-27-16)20(24-25-21)17-6-4-10-28-17/h3-11H,12H2,1-2H3,(H,22,26). The number of hydrogen-bond acceptors (Lipinski definition) is 7. The lowest BCUT2D eigenvalue weighted by molar-refractivity contribution is -0.113. The third kappa shape index (κ3) is 4.38. The number of hydrogen-bond donors (Lipinski definition) is 1. The zero-order chi connectivity index (χ0) is 20.2. The van der Waals surface area contributed by atoms with Gasteiger partial charge in [0.15, 0.2) is 17.2 Å². The Hall–Kier alpha value is -3.39. The van der Waals surface area contributed by atoms with Crippen molar-refractivity contribution in [2.45, 2.75) is 19.0 Å². The van der Waals surface area contributed by atoms with Crippen LogP contribution in [0.1, 0.15) is 11.1 Å². The SMILES string of the molecule is Cc1ccc(C)c(NC(=O)CSc2nnc(-c3ccco3)c(-c3ccco3)n2)c1. The van der Waals surface area contributed by atoms with Crippen molar-refractivity contribution in [1.29, 1.82) is 0 Å². The number of nitrogens with one attached hydrogen (secondary N) is 1. The van der Waals surface area contributed by atoms with Gasteiger partial charge in [0.25, 0.3) is 0 Å². The summed E-state index contributed by atoms with van der Waals surface area (Å²) in [5, 5.41) is 11.7. The normalized spacial score (nSPS) is 10.8. The van der Waals surface area contributed by atoms with Gasteiger partial charge < -0.3 is 14.2 Å². The summed E-state index contributed by atoms with van der Waals surface area (Å²) in [6, 6.07) is 13.0. The Labute approximate surface area is 171 Å². The topological polar surface area (TPSA) is 94.1 Å². The van der Waals surface area contributed by atoms with E-state index in [-0.39, 0.29) is 11.7 Å². The zero-order valence-corrected chi connectivity index (χ0v) is 16.7. The fourth-order valence-corrected chi connectivity index (χ4v) is 3.31. The number of anilines is 1. The molecule has 1 amide bonds. The summed E-state index contributed by atoms with van der Waals surface area (Å²) in [7, 11) is 0. The number of rotatable bonds is 6. The van der Waals surface area contributed by atoms with Crippen molar-refractivity contribution in [1.82, 2.24) is 15.2 Å². The summed E-state index contributed by atoms with van der Waals surface area (Å²) in [6.45, 7) is 3.94. The van der Waals surface area contributed by atoms with Gasteiger partial charge >= 0.3 is 0 Å². The second kappa shape index (κ2) is 8.32. The van der Waals surface area contributed by atoms with Gasteiger partial charge in [0.2, 0.25) is 11.1 Å². The van der Waals surface area contributed by atoms with Crippen molar-refractivity contribution in [2.24, 2.45) is 0 Å². The molecule has 8 heteroatoms. The van der Waals surface area contributed by atoms with Gasteiger partial charge in [0, 0.05) is 5.69 Å². The van der Waals surface area contributed by atoms with Crippen LogP contribution in [0.4, 0.5) is 5.69 Å². The summed E-state index contributed by atoms with van der Waals surface area (Å²) in [4.78, 5) is 16.9. The number of thioether (sulfide) groups is 1. The summed E-state index contributed by atoms with van der Waals surface area (Å²) in [6.07, 6.45) is 3.12. The van der Waals surface area contributed by atoms with Gasteiger partial charge in [0.1, 0.15) is 5.69 Å². The largest absolute Gasteiger partial charge is 0.463 e. The molecule has 3 aromatic heterocycles. The Morgan fingerprint density at radius 1 is 1.00 bits per heavy atom. The van der Waals surface area contributed by atoms with E-state index in [1.54, 1.807) is 36.8 Å². The Balaban J connectivity index is 1.51. The predicted octanol–water partition coefficient (Wildman–Crippen LogP) is 4.74. The maximum absolute atomic E-state index is 12.4. The van der Waals surface area contributed by atoms with Crippen LogP contribution in [0, 0.1) is 13.8 Å². The van der Waals surface area contributed by atoms with Gasteiger partial charge in [-0.1, -0.05) is 23.9 Å². The molecule has 0 unspecified atom stereocenters. The van der Waals surface area contributed by atoms with Crippen molar-refractivity contribution in [3.63, 3.8) is 0 Å². The number of aromatic nitrogens is 3. The van der Waals surface area contributed by atoms with E-state index in [2.05, 4.69) is 20.5 Å². The van der Waals surface area contributed by atoms with Gasteiger partial charge in [-0.15, -0.1) is 10.2 Å². The minimum atomic E-state index is -0.137. The van der Waals surface area contributed by atoms with Gasteiger partial charge in [-0.25, -0.2) is 4.98 Å². The molecule has 29 heavy (non-hydrogen) atoms. The van der Waals surface area contributed by atoms with Crippen LogP contribution >= 0.6 is 11.8 Å². The highest BCUT2D eigenvalue weighted by molar-refractivity contribution is 7.99. The molecule has 1 aromatic carbocycles. The average Bonchev–Trinajstić information content (AvgIpc) is 3.43. The number of nitrogens with zero attached hydrogens (tertiary/aromatic N) is 3. The van der Waals surface area contributed by atoms with Gasteiger partial charge in [-0.3, -0.25) is 4.79 Å². The highest BCUT2D eigenvalue weighted by Gasteiger charge is 2.18. The molecule has 7 nitrogen and oxygen atoms in total. The third-order valence-corrected chi connectivity index (χ3v) is 5.01. The molecule has 0 saturated heterocycles. The first-order valence-electron chi connectivity index (χ1n) is 8.92. The van der Waals surface area contributed by atoms with Crippen LogP contribution in [0.3, 0.4) is 0 Å². The number of furan rings is 2. The van der Waals surface area contributed by atoms with Gasteiger partial charge in [0.05, 0.1) is 18.3 Å². The quantitative estimate of drug-likeness (QED) is 0.462. The van der Waals surface area contributed by atoms with E-state index in [9.17, 15) is 4.79 Å². The van der Waals surface area contributed by atoms with E-state index in [1.165, 1.54) is 11.8 Å².